The molecule has 0 amide bonds. The monoisotopic (exact) mass is 385 g/mol. The van der Waals surface area contributed by atoms with Crippen molar-refractivity contribution in [2.75, 3.05) is 20.8 Å². The Hall–Kier alpha value is -2.74. The van der Waals surface area contributed by atoms with Crippen molar-refractivity contribution < 1.29 is 32.6 Å². The van der Waals surface area contributed by atoms with Crippen molar-refractivity contribution in [2.24, 2.45) is 0 Å². The number of aromatic nitrogens is 1. The Kier molecular flexibility index (Phi) is 6.10. The highest BCUT2D eigenvalue weighted by Gasteiger charge is 2.45. The summed E-state index contributed by atoms with van der Waals surface area (Å²) in [5.74, 6) is -1.70. The van der Waals surface area contributed by atoms with Crippen molar-refractivity contribution >= 4 is 24.0 Å². The quantitative estimate of drug-likeness (QED) is 0.538. The van der Waals surface area contributed by atoms with Gasteiger partial charge < -0.3 is 14.2 Å². The fraction of sp³-hybridized carbons (Fsp3) is 0.235. The SMILES string of the molecule is COC(=O)C(F)(COC=O)c1ccc(OC)c(-c2ccc(F)c(Cl)c2)n1. The minimum absolute atomic E-state index is 0.00144. The second kappa shape index (κ2) is 8.09. The summed E-state index contributed by atoms with van der Waals surface area (Å²) in [5, 5.41) is -0.166. The van der Waals surface area contributed by atoms with Crippen LogP contribution in [-0.4, -0.2) is 38.3 Å². The molecule has 0 saturated heterocycles. The number of hydrogen-bond acceptors (Lipinski definition) is 6. The number of carbonyl (C=O) groups excluding carboxylic acids is 2. The number of ether oxygens (including phenoxy) is 3. The third-order valence-electron chi connectivity index (χ3n) is 3.54. The summed E-state index contributed by atoms with van der Waals surface area (Å²) in [6.45, 7) is -0.923. The van der Waals surface area contributed by atoms with Crippen LogP contribution in [0.5, 0.6) is 5.75 Å². The lowest BCUT2D eigenvalue weighted by atomic mass is 10.0. The molecule has 1 atom stereocenters. The van der Waals surface area contributed by atoms with E-state index in [4.69, 9.17) is 16.3 Å². The summed E-state index contributed by atoms with van der Waals surface area (Å²) < 4.78 is 42.7. The van der Waals surface area contributed by atoms with Crippen molar-refractivity contribution in [1.82, 2.24) is 4.98 Å². The minimum Gasteiger partial charge on any atom is -0.494 e. The third-order valence-corrected chi connectivity index (χ3v) is 3.83. The molecule has 0 saturated carbocycles. The molecule has 0 bridgehead atoms. The zero-order valence-corrected chi connectivity index (χ0v) is 14.5. The number of halogens is 3. The number of methoxy groups -OCH3 is 2. The van der Waals surface area contributed by atoms with Gasteiger partial charge in [0.15, 0.2) is 0 Å². The van der Waals surface area contributed by atoms with E-state index >= 15 is 4.39 Å². The van der Waals surface area contributed by atoms with Gasteiger partial charge in [-0.15, -0.1) is 0 Å². The highest BCUT2D eigenvalue weighted by molar-refractivity contribution is 6.31. The summed E-state index contributed by atoms with van der Waals surface area (Å²) >= 11 is 5.78. The maximum absolute atomic E-state index is 15.2. The number of esters is 1. The van der Waals surface area contributed by atoms with E-state index < -0.39 is 24.1 Å². The standard InChI is InChI=1S/C17H14ClF2NO5/c1-24-13-5-6-14(17(20,8-26-9-22)16(23)25-2)21-15(13)10-3-4-12(19)11(18)7-10/h3-7,9H,8H2,1-2H3. The maximum Gasteiger partial charge on any atom is 0.353 e. The summed E-state index contributed by atoms with van der Waals surface area (Å²) in [6.07, 6.45) is 0. The molecule has 2 rings (SSSR count). The first kappa shape index (κ1) is 19.6. The van der Waals surface area contributed by atoms with Gasteiger partial charge in [-0.1, -0.05) is 11.6 Å². The fourth-order valence-corrected chi connectivity index (χ4v) is 2.41. The summed E-state index contributed by atoms with van der Waals surface area (Å²) in [7, 11) is 2.35. The van der Waals surface area contributed by atoms with Crippen LogP contribution in [0.4, 0.5) is 8.78 Å². The van der Waals surface area contributed by atoms with Gasteiger partial charge in [0.2, 0.25) is 0 Å². The molecular formula is C17H14ClF2NO5. The van der Waals surface area contributed by atoms with Gasteiger partial charge in [0, 0.05) is 5.56 Å². The van der Waals surface area contributed by atoms with Crippen LogP contribution >= 0.6 is 11.6 Å². The van der Waals surface area contributed by atoms with Gasteiger partial charge in [-0.3, -0.25) is 4.79 Å². The molecule has 26 heavy (non-hydrogen) atoms. The van der Waals surface area contributed by atoms with Crippen LogP contribution in [0.3, 0.4) is 0 Å². The van der Waals surface area contributed by atoms with Crippen molar-refractivity contribution in [3.63, 3.8) is 0 Å². The van der Waals surface area contributed by atoms with E-state index in [0.717, 1.165) is 13.2 Å². The number of benzene rings is 1. The molecule has 9 heteroatoms. The van der Waals surface area contributed by atoms with Crippen LogP contribution in [0.15, 0.2) is 30.3 Å². The van der Waals surface area contributed by atoms with Gasteiger partial charge in [-0.2, -0.15) is 0 Å². The average Bonchev–Trinajstić information content (AvgIpc) is 2.66. The van der Waals surface area contributed by atoms with Gasteiger partial charge in [0.05, 0.1) is 24.9 Å². The van der Waals surface area contributed by atoms with Crippen LogP contribution in [0.1, 0.15) is 5.69 Å². The summed E-state index contributed by atoms with van der Waals surface area (Å²) in [4.78, 5) is 26.4. The zero-order valence-electron chi connectivity index (χ0n) is 13.8. The fourth-order valence-electron chi connectivity index (χ4n) is 2.23. The molecular weight excluding hydrogens is 372 g/mol. The molecule has 0 aliphatic rings. The van der Waals surface area contributed by atoms with E-state index in [2.05, 4.69) is 14.5 Å². The topological polar surface area (TPSA) is 74.7 Å². The Morgan fingerprint density at radius 2 is 2.04 bits per heavy atom. The Morgan fingerprint density at radius 1 is 1.31 bits per heavy atom. The largest absolute Gasteiger partial charge is 0.494 e. The van der Waals surface area contributed by atoms with E-state index in [1.54, 1.807) is 0 Å². The molecule has 1 unspecified atom stereocenters. The number of pyridine rings is 1. The van der Waals surface area contributed by atoms with E-state index in [0.29, 0.717) is 5.56 Å². The van der Waals surface area contributed by atoms with Crippen LogP contribution in [0.25, 0.3) is 11.3 Å². The highest BCUT2D eigenvalue weighted by atomic mass is 35.5. The normalized spacial score (nSPS) is 12.8. The first-order valence-corrected chi connectivity index (χ1v) is 7.58. The van der Waals surface area contributed by atoms with Crippen molar-refractivity contribution in [3.8, 4) is 17.0 Å². The molecule has 0 fully saturated rings. The van der Waals surface area contributed by atoms with Gasteiger partial charge >= 0.3 is 5.97 Å². The van der Waals surface area contributed by atoms with Crippen LogP contribution in [0.2, 0.25) is 5.02 Å². The van der Waals surface area contributed by atoms with Crippen molar-refractivity contribution in [1.29, 1.82) is 0 Å². The zero-order chi connectivity index (χ0) is 19.3. The Bertz CT molecular complexity index is 833. The molecule has 1 aromatic carbocycles. The molecule has 0 aliphatic carbocycles. The summed E-state index contributed by atoms with van der Waals surface area (Å²) in [5.41, 5.74) is -2.76. The van der Waals surface area contributed by atoms with Gasteiger partial charge in [0.1, 0.15) is 23.9 Å². The highest BCUT2D eigenvalue weighted by Crippen LogP contribution is 2.35. The van der Waals surface area contributed by atoms with Crippen molar-refractivity contribution in [2.45, 2.75) is 5.67 Å². The number of hydrogen-bond donors (Lipinski definition) is 0. The van der Waals surface area contributed by atoms with Crippen LogP contribution < -0.4 is 4.74 Å². The smallest absolute Gasteiger partial charge is 0.353 e. The number of rotatable bonds is 7. The average molecular weight is 386 g/mol. The number of nitrogens with zero attached hydrogens (tertiary/aromatic N) is 1. The lowest BCUT2D eigenvalue weighted by Crippen LogP contribution is -2.38. The molecule has 1 aromatic heterocycles. The van der Waals surface area contributed by atoms with Crippen LogP contribution in [-0.2, 0) is 24.7 Å². The first-order chi connectivity index (χ1) is 12.4. The summed E-state index contributed by atoms with van der Waals surface area (Å²) in [6, 6.07) is 6.33. The van der Waals surface area contributed by atoms with E-state index in [-0.39, 0.29) is 28.6 Å². The van der Waals surface area contributed by atoms with E-state index in [9.17, 15) is 14.0 Å². The molecule has 2 aromatic rings. The second-order valence-corrected chi connectivity index (χ2v) is 5.48. The van der Waals surface area contributed by atoms with Gasteiger partial charge in [0.25, 0.3) is 12.1 Å². The Labute approximate surface area is 152 Å². The number of carbonyl (C=O) groups is 2. The Morgan fingerprint density at radius 3 is 2.62 bits per heavy atom. The van der Waals surface area contributed by atoms with Crippen LogP contribution in [0, 0.1) is 5.82 Å². The number of alkyl halides is 1. The lowest BCUT2D eigenvalue weighted by Gasteiger charge is -2.22. The predicted octanol–water partition coefficient (Wildman–Crippen LogP) is 3.06. The minimum atomic E-state index is -2.83. The van der Waals surface area contributed by atoms with E-state index in [1.807, 2.05) is 0 Å². The van der Waals surface area contributed by atoms with Gasteiger partial charge in [-0.25, -0.2) is 18.6 Å². The third kappa shape index (κ3) is 3.75. The lowest BCUT2D eigenvalue weighted by molar-refractivity contribution is -0.161. The molecule has 1 heterocycles. The molecule has 0 spiro atoms. The second-order valence-electron chi connectivity index (χ2n) is 5.08. The Balaban J connectivity index is 2.61. The molecule has 6 nitrogen and oxygen atoms in total. The maximum atomic E-state index is 15.2. The first-order valence-electron chi connectivity index (χ1n) is 7.21. The predicted molar refractivity (Wildman–Crippen MR) is 88.0 cm³/mol. The van der Waals surface area contributed by atoms with Gasteiger partial charge in [-0.05, 0) is 30.3 Å². The molecule has 0 radical (unpaired) electrons. The molecule has 0 aliphatic heterocycles. The molecule has 138 valence electrons. The molecule has 0 N–H and O–H groups in total. The van der Waals surface area contributed by atoms with Crippen molar-refractivity contribution in [3.05, 3.63) is 46.9 Å². The van der Waals surface area contributed by atoms with E-state index in [1.165, 1.54) is 31.4 Å².